The summed E-state index contributed by atoms with van der Waals surface area (Å²) in [6.45, 7) is 0.553. The van der Waals surface area contributed by atoms with E-state index in [0.29, 0.717) is 5.56 Å². The molecule has 0 saturated carbocycles. The van der Waals surface area contributed by atoms with Gasteiger partial charge >= 0.3 is 0 Å². The first kappa shape index (κ1) is 15.5. The summed E-state index contributed by atoms with van der Waals surface area (Å²) in [5, 5.41) is 5.20. The second-order valence-electron chi connectivity index (χ2n) is 4.41. The van der Waals surface area contributed by atoms with Crippen LogP contribution in [0.1, 0.15) is 16.1 Å². The van der Waals surface area contributed by atoms with E-state index in [0.717, 1.165) is 0 Å². The molecule has 0 atom stereocenters. The van der Waals surface area contributed by atoms with E-state index in [4.69, 9.17) is 4.42 Å². The quantitative estimate of drug-likeness (QED) is 0.633. The van der Waals surface area contributed by atoms with Crippen LogP contribution in [0.5, 0.6) is 0 Å². The first-order valence-corrected chi connectivity index (χ1v) is 6.68. The molecule has 6 heteroatoms. The minimum absolute atomic E-state index is 0.220. The van der Waals surface area contributed by atoms with E-state index >= 15 is 0 Å². The van der Waals surface area contributed by atoms with Gasteiger partial charge in [-0.1, -0.05) is 12.1 Å². The molecule has 0 aliphatic heterocycles. The number of hydrogen-bond donors (Lipinski definition) is 2. The summed E-state index contributed by atoms with van der Waals surface area (Å²) < 4.78 is 17.9. The number of benzene rings is 1. The predicted octanol–water partition coefficient (Wildman–Crippen LogP) is 1.98. The molecule has 1 aromatic carbocycles. The number of nitrogens with one attached hydrogen (secondary N) is 2. The number of amides is 2. The minimum Gasteiger partial charge on any atom is -0.459 e. The first-order chi connectivity index (χ1) is 10.6. The van der Waals surface area contributed by atoms with Gasteiger partial charge in [-0.25, -0.2) is 4.39 Å². The third kappa shape index (κ3) is 4.90. The van der Waals surface area contributed by atoms with Crippen molar-refractivity contribution in [2.24, 2.45) is 0 Å². The molecule has 114 valence electrons. The lowest BCUT2D eigenvalue weighted by Gasteiger charge is -2.03. The zero-order valence-corrected chi connectivity index (χ0v) is 11.7. The molecule has 2 aromatic rings. The molecule has 0 radical (unpaired) electrons. The Bertz CT molecular complexity index is 666. The Hall–Kier alpha value is -2.89. The zero-order chi connectivity index (χ0) is 15.8. The molecular weight excluding hydrogens is 287 g/mol. The standard InChI is InChI=1S/C16H15FN2O3/c17-13-4-1-3-12(11-13)6-7-15(20)18-8-9-19-16(21)14-5-2-10-22-14/h1-7,10-11H,8-9H2,(H,18,20)(H,19,21)/b7-6+. The molecule has 0 aliphatic rings. The number of furan rings is 1. The maximum absolute atomic E-state index is 12.9. The van der Waals surface area contributed by atoms with Gasteiger partial charge in [0, 0.05) is 19.2 Å². The summed E-state index contributed by atoms with van der Waals surface area (Å²) >= 11 is 0. The molecule has 2 rings (SSSR count). The molecule has 0 fully saturated rings. The van der Waals surface area contributed by atoms with E-state index in [9.17, 15) is 14.0 Å². The summed E-state index contributed by atoms with van der Waals surface area (Å²) in [6.07, 6.45) is 4.23. The van der Waals surface area contributed by atoms with Crippen LogP contribution >= 0.6 is 0 Å². The van der Waals surface area contributed by atoms with Crippen molar-refractivity contribution in [2.45, 2.75) is 0 Å². The van der Waals surface area contributed by atoms with Crippen molar-refractivity contribution in [3.05, 3.63) is 65.9 Å². The van der Waals surface area contributed by atoms with E-state index in [1.165, 1.54) is 30.5 Å². The Morgan fingerprint density at radius 1 is 1.14 bits per heavy atom. The van der Waals surface area contributed by atoms with Crippen LogP contribution in [-0.4, -0.2) is 24.9 Å². The molecule has 1 heterocycles. The maximum atomic E-state index is 12.9. The van der Waals surface area contributed by atoms with Gasteiger partial charge in [-0.05, 0) is 35.9 Å². The van der Waals surface area contributed by atoms with Crippen molar-refractivity contribution in [1.29, 1.82) is 0 Å². The van der Waals surface area contributed by atoms with E-state index in [1.807, 2.05) is 0 Å². The summed E-state index contributed by atoms with van der Waals surface area (Å²) in [5.41, 5.74) is 0.598. The Morgan fingerprint density at radius 2 is 1.95 bits per heavy atom. The highest BCUT2D eigenvalue weighted by Crippen LogP contribution is 2.05. The van der Waals surface area contributed by atoms with Gasteiger partial charge in [-0.2, -0.15) is 0 Å². The predicted molar refractivity (Wildman–Crippen MR) is 79.5 cm³/mol. The normalized spacial score (nSPS) is 10.6. The van der Waals surface area contributed by atoms with E-state index in [-0.39, 0.29) is 36.5 Å². The smallest absolute Gasteiger partial charge is 0.287 e. The topological polar surface area (TPSA) is 71.3 Å². The van der Waals surface area contributed by atoms with Gasteiger partial charge in [-0.15, -0.1) is 0 Å². The molecular formula is C16H15FN2O3. The number of carbonyl (C=O) groups is 2. The van der Waals surface area contributed by atoms with Crippen LogP contribution in [0, 0.1) is 5.82 Å². The molecule has 2 amide bonds. The molecule has 2 N–H and O–H groups in total. The minimum atomic E-state index is -0.358. The fourth-order valence-corrected chi connectivity index (χ4v) is 1.70. The Morgan fingerprint density at radius 3 is 2.68 bits per heavy atom. The summed E-state index contributed by atoms with van der Waals surface area (Å²) in [5.74, 6) is -0.799. The van der Waals surface area contributed by atoms with Gasteiger partial charge in [0.05, 0.1) is 6.26 Å². The van der Waals surface area contributed by atoms with E-state index in [2.05, 4.69) is 10.6 Å². The van der Waals surface area contributed by atoms with Crippen molar-refractivity contribution in [3.63, 3.8) is 0 Å². The lowest BCUT2D eigenvalue weighted by molar-refractivity contribution is -0.116. The van der Waals surface area contributed by atoms with Crippen molar-refractivity contribution >= 4 is 17.9 Å². The van der Waals surface area contributed by atoms with Gasteiger partial charge in [-0.3, -0.25) is 9.59 Å². The van der Waals surface area contributed by atoms with Gasteiger partial charge in [0.25, 0.3) is 5.91 Å². The molecule has 0 bridgehead atoms. The van der Waals surface area contributed by atoms with Crippen molar-refractivity contribution < 1.29 is 18.4 Å². The fourth-order valence-electron chi connectivity index (χ4n) is 1.70. The van der Waals surface area contributed by atoms with Gasteiger partial charge in [0.15, 0.2) is 5.76 Å². The Labute approximate surface area is 126 Å². The lowest BCUT2D eigenvalue weighted by atomic mass is 10.2. The van der Waals surface area contributed by atoms with Crippen LogP contribution in [0.25, 0.3) is 6.08 Å². The molecule has 22 heavy (non-hydrogen) atoms. The summed E-state index contributed by atoms with van der Waals surface area (Å²) in [6, 6.07) is 9.09. The Balaban J connectivity index is 1.69. The largest absolute Gasteiger partial charge is 0.459 e. The molecule has 0 saturated heterocycles. The lowest BCUT2D eigenvalue weighted by Crippen LogP contribution is -2.33. The average molecular weight is 302 g/mol. The monoisotopic (exact) mass is 302 g/mol. The molecule has 0 unspecified atom stereocenters. The molecule has 1 aromatic heterocycles. The average Bonchev–Trinajstić information content (AvgIpc) is 3.04. The zero-order valence-electron chi connectivity index (χ0n) is 11.7. The van der Waals surface area contributed by atoms with Crippen LogP contribution in [0.4, 0.5) is 4.39 Å². The Kier molecular flexibility index (Phi) is 5.48. The fraction of sp³-hybridized carbons (Fsp3) is 0.125. The number of carbonyl (C=O) groups excluding carboxylic acids is 2. The number of halogens is 1. The highest BCUT2D eigenvalue weighted by Gasteiger charge is 2.06. The number of hydrogen-bond acceptors (Lipinski definition) is 3. The van der Waals surface area contributed by atoms with E-state index in [1.54, 1.807) is 24.3 Å². The molecule has 0 spiro atoms. The van der Waals surface area contributed by atoms with Crippen molar-refractivity contribution in [3.8, 4) is 0 Å². The maximum Gasteiger partial charge on any atom is 0.287 e. The van der Waals surface area contributed by atoms with Crippen LogP contribution in [0.15, 0.2) is 53.2 Å². The van der Waals surface area contributed by atoms with Crippen LogP contribution < -0.4 is 10.6 Å². The molecule has 5 nitrogen and oxygen atoms in total. The van der Waals surface area contributed by atoms with Gasteiger partial charge < -0.3 is 15.1 Å². The second-order valence-corrected chi connectivity index (χ2v) is 4.41. The highest BCUT2D eigenvalue weighted by molar-refractivity contribution is 5.92. The SMILES string of the molecule is O=C(/C=C/c1cccc(F)c1)NCCNC(=O)c1ccco1. The van der Waals surface area contributed by atoms with Crippen molar-refractivity contribution in [2.75, 3.05) is 13.1 Å². The van der Waals surface area contributed by atoms with Crippen molar-refractivity contribution in [1.82, 2.24) is 10.6 Å². The van der Waals surface area contributed by atoms with Gasteiger partial charge in [0.2, 0.25) is 5.91 Å². The molecule has 0 aliphatic carbocycles. The second kappa shape index (κ2) is 7.78. The highest BCUT2D eigenvalue weighted by atomic mass is 19.1. The van der Waals surface area contributed by atoms with Crippen LogP contribution in [0.2, 0.25) is 0 Å². The van der Waals surface area contributed by atoms with Crippen LogP contribution in [0.3, 0.4) is 0 Å². The third-order valence-electron chi connectivity index (χ3n) is 2.73. The summed E-state index contributed by atoms with van der Waals surface area (Å²) in [4.78, 5) is 23.1. The van der Waals surface area contributed by atoms with E-state index < -0.39 is 0 Å². The van der Waals surface area contributed by atoms with Crippen LogP contribution in [-0.2, 0) is 4.79 Å². The third-order valence-corrected chi connectivity index (χ3v) is 2.73. The van der Waals surface area contributed by atoms with Gasteiger partial charge in [0.1, 0.15) is 5.82 Å². The summed E-state index contributed by atoms with van der Waals surface area (Å²) in [7, 11) is 0. The number of rotatable bonds is 6. The first-order valence-electron chi connectivity index (χ1n) is 6.68.